The summed E-state index contributed by atoms with van der Waals surface area (Å²) < 4.78 is 0. The highest BCUT2D eigenvalue weighted by atomic mass is 14.9. The molecule has 17 heavy (non-hydrogen) atoms. The quantitative estimate of drug-likeness (QED) is 0.826. The van der Waals surface area contributed by atoms with Crippen LogP contribution in [0.25, 0.3) is 11.4 Å². The van der Waals surface area contributed by atoms with E-state index in [0.717, 1.165) is 43.1 Å². The molecule has 0 spiro atoms. The average molecular weight is 228 g/mol. The third-order valence-electron chi connectivity index (χ3n) is 3.25. The van der Waals surface area contributed by atoms with Crippen molar-refractivity contribution in [1.82, 2.24) is 20.3 Å². The molecule has 0 aliphatic carbocycles. The van der Waals surface area contributed by atoms with E-state index in [1.807, 2.05) is 30.6 Å². The van der Waals surface area contributed by atoms with E-state index in [0.29, 0.717) is 5.92 Å². The second kappa shape index (κ2) is 4.67. The molecule has 2 N–H and O–H groups in total. The van der Waals surface area contributed by atoms with Gasteiger partial charge in [-0.05, 0) is 44.1 Å². The first-order chi connectivity index (χ1) is 8.43. The van der Waals surface area contributed by atoms with Crippen molar-refractivity contribution in [3.05, 3.63) is 36.4 Å². The number of rotatable bonds is 2. The lowest BCUT2D eigenvalue weighted by atomic mass is 9.97. The molecule has 2 aromatic heterocycles. The molecular weight excluding hydrogens is 212 g/mol. The average Bonchev–Trinajstić information content (AvgIpc) is 2.94. The number of aromatic nitrogens is 3. The molecule has 2 aromatic rings. The lowest BCUT2D eigenvalue weighted by Gasteiger charge is -2.21. The van der Waals surface area contributed by atoms with Gasteiger partial charge in [0.15, 0.2) is 0 Å². The Balaban J connectivity index is 1.88. The second-order valence-electron chi connectivity index (χ2n) is 4.41. The fraction of sp³-hybridized carbons (Fsp3) is 0.385. The summed E-state index contributed by atoms with van der Waals surface area (Å²) in [6.45, 7) is 2.14. The van der Waals surface area contributed by atoms with E-state index in [9.17, 15) is 0 Å². The molecule has 4 heteroatoms. The Morgan fingerprint density at radius 2 is 2.06 bits per heavy atom. The van der Waals surface area contributed by atoms with E-state index in [1.165, 1.54) is 0 Å². The number of piperidine rings is 1. The Labute approximate surface area is 101 Å². The topological polar surface area (TPSA) is 53.6 Å². The van der Waals surface area contributed by atoms with Gasteiger partial charge in [-0.25, -0.2) is 9.97 Å². The van der Waals surface area contributed by atoms with Crippen molar-refractivity contribution in [2.75, 3.05) is 13.1 Å². The first kappa shape index (κ1) is 10.5. The van der Waals surface area contributed by atoms with Crippen molar-refractivity contribution in [3.8, 4) is 11.4 Å². The Morgan fingerprint density at radius 3 is 2.82 bits per heavy atom. The van der Waals surface area contributed by atoms with Gasteiger partial charge in [-0.2, -0.15) is 0 Å². The highest BCUT2D eigenvalue weighted by Crippen LogP contribution is 2.23. The summed E-state index contributed by atoms with van der Waals surface area (Å²) in [6, 6.07) is 5.98. The Kier molecular flexibility index (Phi) is 2.88. The van der Waals surface area contributed by atoms with Crippen LogP contribution < -0.4 is 5.32 Å². The molecule has 1 saturated heterocycles. The number of nitrogens with zero attached hydrogens (tertiary/aromatic N) is 2. The number of hydrogen-bond donors (Lipinski definition) is 2. The number of nitrogens with one attached hydrogen (secondary N) is 2. The van der Waals surface area contributed by atoms with E-state index in [-0.39, 0.29) is 0 Å². The highest BCUT2D eigenvalue weighted by Gasteiger charge is 2.18. The predicted octanol–water partition coefficient (Wildman–Crippen LogP) is 1.94. The SMILES string of the molecule is c1c[nH]c(-c2ccnc(C3CCNCC3)n2)c1. The second-order valence-corrected chi connectivity index (χ2v) is 4.41. The van der Waals surface area contributed by atoms with E-state index in [2.05, 4.69) is 20.3 Å². The molecule has 0 amide bonds. The van der Waals surface area contributed by atoms with Gasteiger partial charge in [-0.15, -0.1) is 0 Å². The maximum atomic E-state index is 4.67. The van der Waals surface area contributed by atoms with E-state index in [1.54, 1.807) is 0 Å². The summed E-state index contributed by atoms with van der Waals surface area (Å²) in [5.41, 5.74) is 2.04. The standard InChI is InChI=1S/C13H16N4/c1-2-11(15-6-1)12-5-9-16-13(17-12)10-3-7-14-8-4-10/h1-2,5-6,9-10,14-15H,3-4,7-8H2. The van der Waals surface area contributed by atoms with Crippen LogP contribution in [0.4, 0.5) is 0 Å². The first-order valence-corrected chi connectivity index (χ1v) is 6.11. The van der Waals surface area contributed by atoms with Gasteiger partial charge < -0.3 is 10.3 Å². The molecule has 1 fully saturated rings. The molecule has 0 unspecified atom stereocenters. The van der Waals surface area contributed by atoms with Gasteiger partial charge in [-0.1, -0.05) is 0 Å². The molecule has 3 rings (SSSR count). The molecule has 0 aromatic carbocycles. The molecule has 0 radical (unpaired) electrons. The first-order valence-electron chi connectivity index (χ1n) is 6.11. The van der Waals surface area contributed by atoms with E-state index < -0.39 is 0 Å². The van der Waals surface area contributed by atoms with E-state index >= 15 is 0 Å². The zero-order valence-electron chi connectivity index (χ0n) is 9.69. The smallest absolute Gasteiger partial charge is 0.132 e. The molecule has 88 valence electrons. The largest absolute Gasteiger partial charge is 0.360 e. The Bertz CT molecular complexity index is 472. The molecule has 0 bridgehead atoms. The number of aromatic amines is 1. The molecular formula is C13H16N4. The number of hydrogen-bond acceptors (Lipinski definition) is 3. The fourth-order valence-corrected chi connectivity index (χ4v) is 2.29. The summed E-state index contributed by atoms with van der Waals surface area (Å²) in [7, 11) is 0. The maximum absolute atomic E-state index is 4.67. The minimum atomic E-state index is 0.506. The maximum Gasteiger partial charge on any atom is 0.132 e. The summed E-state index contributed by atoms with van der Waals surface area (Å²) in [4.78, 5) is 12.3. The van der Waals surface area contributed by atoms with Gasteiger partial charge in [0.05, 0.1) is 11.4 Å². The third kappa shape index (κ3) is 2.22. The van der Waals surface area contributed by atoms with Crippen molar-refractivity contribution in [2.45, 2.75) is 18.8 Å². The summed E-state index contributed by atoms with van der Waals surface area (Å²) in [5.74, 6) is 1.49. The van der Waals surface area contributed by atoms with Gasteiger partial charge in [0.2, 0.25) is 0 Å². The van der Waals surface area contributed by atoms with Crippen molar-refractivity contribution < 1.29 is 0 Å². The lowest BCUT2D eigenvalue weighted by molar-refractivity contribution is 0.445. The van der Waals surface area contributed by atoms with Crippen LogP contribution in [-0.2, 0) is 0 Å². The van der Waals surface area contributed by atoms with Crippen LogP contribution in [0.3, 0.4) is 0 Å². The highest BCUT2D eigenvalue weighted by molar-refractivity contribution is 5.53. The van der Waals surface area contributed by atoms with Crippen LogP contribution in [-0.4, -0.2) is 28.0 Å². The molecule has 4 nitrogen and oxygen atoms in total. The van der Waals surface area contributed by atoms with Crippen LogP contribution >= 0.6 is 0 Å². The molecule has 0 saturated carbocycles. The summed E-state index contributed by atoms with van der Waals surface area (Å²) >= 11 is 0. The number of H-pyrrole nitrogens is 1. The van der Waals surface area contributed by atoms with Crippen molar-refractivity contribution >= 4 is 0 Å². The molecule has 1 aliphatic rings. The van der Waals surface area contributed by atoms with Crippen LogP contribution in [0, 0.1) is 0 Å². The van der Waals surface area contributed by atoms with Gasteiger partial charge in [-0.3, -0.25) is 0 Å². The Hall–Kier alpha value is -1.68. The van der Waals surface area contributed by atoms with Crippen LogP contribution in [0.1, 0.15) is 24.6 Å². The van der Waals surface area contributed by atoms with Crippen molar-refractivity contribution in [3.63, 3.8) is 0 Å². The fourth-order valence-electron chi connectivity index (χ4n) is 2.29. The zero-order chi connectivity index (χ0) is 11.5. The Morgan fingerprint density at radius 1 is 1.18 bits per heavy atom. The molecule has 1 aliphatic heterocycles. The lowest BCUT2D eigenvalue weighted by Crippen LogP contribution is -2.27. The van der Waals surface area contributed by atoms with Crippen LogP contribution in [0.15, 0.2) is 30.6 Å². The van der Waals surface area contributed by atoms with Crippen molar-refractivity contribution in [2.24, 2.45) is 0 Å². The monoisotopic (exact) mass is 228 g/mol. The predicted molar refractivity (Wildman–Crippen MR) is 66.7 cm³/mol. The zero-order valence-corrected chi connectivity index (χ0v) is 9.69. The minimum absolute atomic E-state index is 0.506. The summed E-state index contributed by atoms with van der Waals surface area (Å²) in [6.07, 6.45) is 6.05. The van der Waals surface area contributed by atoms with Gasteiger partial charge in [0.1, 0.15) is 5.82 Å². The van der Waals surface area contributed by atoms with Gasteiger partial charge in [0.25, 0.3) is 0 Å². The molecule has 0 atom stereocenters. The summed E-state index contributed by atoms with van der Waals surface area (Å²) in [5, 5.41) is 3.36. The van der Waals surface area contributed by atoms with Gasteiger partial charge >= 0.3 is 0 Å². The van der Waals surface area contributed by atoms with E-state index in [4.69, 9.17) is 0 Å². The normalized spacial score (nSPS) is 17.2. The van der Waals surface area contributed by atoms with Crippen LogP contribution in [0.5, 0.6) is 0 Å². The van der Waals surface area contributed by atoms with Crippen molar-refractivity contribution in [1.29, 1.82) is 0 Å². The third-order valence-corrected chi connectivity index (χ3v) is 3.25. The molecule has 3 heterocycles. The minimum Gasteiger partial charge on any atom is -0.360 e. The van der Waals surface area contributed by atoms with Gasteiger partial charge in [0, 0.05) is 18.3 Å². The van der Waals surface area contributed by atoms with Crippen LogP contribution in [0.2, 0.25) is 0 Å².